The Morgan fingerprint density at radius 1 is 0.972 bits per heavy atom. The zero-order chi connectivity index (χ0) is 25.2. The van der Waals surface area contributed by atoms with Gasteiger partial charge in [0, 0.05) is 24.3 Å². The standard InChI is InChI=1S/C31H38O5/c1-18(32)35-28-12-11-24-23-10-7-21-16-26-20(17-31(21,3)25(23)13-14-30(24,28)2)15-27(36-26)29(33)19-5-8-22(34-4)9-6-19/h5-6,8-9,15,21,23-25,28H,7,10-14,16-17H2,1-4H3/t21-,23-,24-,25-,28-,30-,31-/m0/s1. The molecule has 0 radical (unpaired) electrons. The maximum Gasteiger partial charge on any atom is 0.302 e. The van der Waals surface area contributed by atoms with Gasteiger partial charge in [-0.1, -0.05) is 13.8 Å². The second-order valence-corrected chi connectivity index (χ2v) is 12.4. The number of furan rings is 1. The highest BCUT2D eigenvalue weighted by molar-refractivity contribution is 6.07. The Morgan fingerprint density at radius 2 is 1.72 bits per heavy atom. The maximum atomic E-state index is 13.2. The molecule has 5 heteroatoms. The number of hydrogen-bond donors (Lipinski definition) is 0. The number of methoxy groups -OCH3 is 1. The van der Waals surface area contributed by atoms with E-state index in [1.807, 2.05) is 18.2 Å². The van der Waals surface area contributed by atoms with Gasteiger partial charge in [-0.25, -0.2) is 0 Å². The lowest BCUT2D eigenvalue weighted by Crippen LogP contribution is -2.54. The second kappa shape index (κ2) is 8.49. The van der Waals surface area contributed by atoms with Crippen LogP contribution in [0.1, 0.15) is 86.7 Å². The molecule has 3 fully saturated rings. The molecule has 0 unspecified atom stereocenters. The largest absolute Gasteiger partial charge is 0.497 e. The van der Waals surface area contributed by atoms with Gasteiger partial charge in [0.15, 0.2) is 5.76 Å². The smallest absolute Gasteiger partial charge is 0.302 e. The molecule has 6 rings (SSSR count). The normalized spacial score (nSPS) is 36.7. The number of benzene rings is 1. The zero-order valence-corrected chi connectivity index (χ0v) is 22.0. The van der Waals surface area contributed by atoms with Crippen molar-refractivity contribution in [3.8, 4) is 5.75 Å². The number of hydrogen-bond acceptors (Lipinski definition) is 5. The number of fused-ring (bicyclic) bond motifs is 6. The van der Waals surface area contributed by atoms with Crippen molar-refractivity contribution in [1.82, 2.24) is 0 Å². The van der Waals surface area contributed by atoms with Gasteiger partial charge in [-0.05, 0) is 110 Å². The van der Waals surface area contributed by atoms with E-state index in [-0.39, 0.29) is 28.7 Å². The average Bonchev–Trinajstić information content (AvgIpc) is 3.41. The molecule has 0 spiro atoms. The third kappa shape index (κ3) is 3.56. The summed E-state index contributed by atoms with van der Waals surface area (Å²) >= 11 is 0. The number of ketones is 1. The first-order chi connectivity index (χ1) is 17.2. The molecule has 0 amide bonds. The van der Waals surface area contributed by atoms with Crippen LogP contribution in [0.4, 0.5) is 0 Å². The highest BCUT2D eigenvalue weighted by atomic mass is 16.5. The van der Waals surface area contributed by atoms with Crippen molar-refractivity contribution in [3.63, 3.8) is 0 Å². The maximum absolute atomic E-state index is 13.2. The van der Waals surface area contributed by atoms with Gasteiger partial charge in [-0.15, -0.1) is 0 Å². The molecule has 1 heterocycles. The van der Waals surface area contributed by atoms with Gasteiger partial charge in [0.25, 0.3) is 0 Å². The van der Waals surface area contributed by atoms with Gasteiger partial charge in [-0.3, -0.25) is 9.59 Å². The Morgan fingerprint density at radius 3 is 2.44 bits per heavy atom. The first-order valence-electron chi connectivity index (χ1n) is 13.7. The summed E-state index contributed by atoms with van der Waals surface area (Å²) in [6, 6.07) is 9.26. The zero-order valence-electron chi connectivity index (χ0n) is 22.0. The van der Waals surface area contributed by atoms with Gasteiger partial charge in [0.05, 0.1) is 7.11 Å². The van der Waals surface area contributed by atoms with Crippen LogP contribution in [0.25, 0.3) is 0 Å². The van der Waals surface area contributed by atoms with Crippen molar-refractivity contribution in [2.45, 2.75) is 78.2 Å². The highest BCUT2D eigenvalue weighted by Crippen LogP contribution is 2.66. The fraction of sp³-hybridized carbons (Fsp3) is 0.613. The minimum absolute atomic E-state index is 0.0612. The van der Waals surface area contributed by atoms with E-state index in [1.54, 1.807) is 26.2 Å². The summed E-state index contributed by atoms with van der Waals surface area (Å²) in [6.45, 7) is 6.44. The Bertz CT molecular complexity index is 1180. The topological polar surface area (TPSA) is 65.7 Å². The van der Waals surface area contributed by atoms with E-state index in [0.29, 0.717) is 35.0 Å². The van der Waals surface area contributed by atoms with Crippen molar-refractivity contribution in [2.24, 2.45) is 34.5 Å². The molecule has 7 atom stereocenters. The first kappa shape index (κ1) is 23.8. The minimum Gasteiger partial charge on any atom is -0.497 e. The molecule has 36 heavy (non-hydrogen) atoms. The summed E-state index contributed by atoms with van der Waals surface area (Å²) < 4.78 is 17.3. The molecule has 0 N–H and O–H groups in total. The van der Waals surface area contributed by atoms with Gasteiger partial charge in [-0.2, -0.15) is 0 Å². The molecule has 1 aromatic carbocycles. The molecule has 0 bridgehead atoms. The Balaban J connectivity index is 1.24. The van der Waals surface area contributed by atoms with Crippen LogP contribution in [0, 0.1) is 34.5 Å². The number of carbonyl (C=O) groups excluding carboxylic acids is 2. The van der Waals surface area contributed by atoms with Crippen LogP contribution < -0.4 is 4.74 Å². The van der Waals surface area contributed by atoms with E-state index in [4.69, 9.17) is 13.9 Å². The Hall–Kier alpha value is -2.56. The quantitative estimate of drug-likeness (QED) is 0.366. The van der Waals surface area contributed by atoms with Gasteiger partial charge in [0.2, 0.25) is 5.78 Å². The summed E-state index contributed by atoms with van der Waals surface area (Å²) in [4.78, 5) is 24.9. The van der Waals surface area contributed by atoms with E-state index in [0.717, 1.165) is 37.2 Å². The molecule has 3 saturated carbocycles. The molecule has 4 aliphatic carbocycles. The summed E-state index contributed by atoms with van der Waals surface area (Å²) in [7, 11) is 1.62. The van der Waals surface area contributed by atoms with E-state index < -0.39 is 0 Å². The highest BCUT2D eigenvalue weighted by Gasteiger charge is 2.61. The van der Waals surface area contributed by atoms with Gasteiger partial charge >= 0.3 is 5.97 Å². The Labute approximate surface area is 213 Å². The lowest BCUT2D eigenvalue weighted by molar-refractivity contribution is -0.160. The van der Waals surface area contributed by atoms with E-state index in [9.17, 15) is 9.59 Å². The Kier molecular flexibility index (Phi) is 5.62. The number of esters is 1. The third-order valence-electron chi connectivity index (χ3n) is 10.8. The van der Waals surface area contributed by atoms with Crippen molar-refractivity contribution >= 4 is 11.8 Å². The van der Waals surface area contributed by atoms with Crippen molar-refractivity contribution in [3.05, 3.63) is 53.0 Å². The van der Waals surface area contributed by atoms with Crippen LogP contribution in [0.15, 0.2) is 34.7 Å². The summed E-state index contributed by atoms with van der Waals surface area (Å²) in [5, 5.41) is 0. The second-order valence-electron chi connectivity index (χ2n) is 12.4. The lowest BCUT2D eigenvalue weighted by atomic mass is 9.45. The lowest BCUT2D eigenvalue weighted by Gasteiger charge is -2.59. The molecule has 0 aliphatic heterocycles. The molecule has 2 aromatic rings. The van der Waals surface area contributed by atoms with Crippen LogP contribution in [0.3, 0.4) is 0 Å². The molecule has 0 saturated heterocycles. The first-order valence-corrected chi connectivity index (χ1v) is 13.7. The number of rotatable bonds is 4. The van der Waals surface area contributed by atoms with E-state index in [1.165, 1.54) is 31.2 Å². The molecule has 4 aliphatic rings. The summed E-state index contributed by atoms with van der Waals surface area (Å²) in [5.41, 5.74) is 2.19. The third-order valence-corrected chi connectivity index (χ3v) is 10.8. The molecule has 1 aromatic heterocycles. The molecule has 192 valence electrons. The van der Waals surface area contributed by atoms with Crippen LogP contribution >= 0.6 is 0 Å². The number of ether oxygens (including phenoxy) is 2. The van der Waals surface area contributed by atoms with Gasteiger partial charge in [0.1, 0.15) is 17.6 Å². The predicted molar refractivity (Wildman–Crippen MR) is 136 cm³/mol. The average molecular weight is 491 g/mol. The monoisotopic (exact) mass is 490 g/mol. The fourth-order valence-electron chi connectivity index (χ4n) is 8.91. The van der Waals surface area contributed by atoms with Crippen molar-refractivity contribution < 1.29 is 23.5 Å². The van der Waals surface area contributed by atoms with Crippen LogP contribution in [-0.4, -0.2) is 25.0 Å². The van der Waals surface area contributed by atoms with E-state index in [2.05, 4.69) is 13.8 Å². The van der Waals surface area contributed by atoms with Crippen LogP contribution in [0.2, 0.25) is 0 Å². The summed E-state index contributed by atoms with van der Waals surface area (Å²) in [6.07, 6.45) is 8.99. The molecule has 5 nitrogen and oxygen atoms in total. The predicted octanol–water partition coefficient (Wildman–Crippen LogP) is 6.41. The van der Waals surface area contributed by atoms with Crippen LogP contribution in [0.5, 0.6) is 5.75 Å². The van der Waals surface area contributed by atoms with Crippen molar-refractivity contribution in [2.75, 3.05) is 7.11 Å². The SMILES string of the molecule is COc1ccc(C(=O)c2cc3c(o2)C[C@@H]2CC[C@@H]4[C@H](CC[C@]5(C)[C@@H](OC(C)=O)CC[C@@H]45)[C@@]2(C)C3)cc1. The summed E-state index contributed by atoms with van der Waals surface area (Å²) in [5.74, 6) is 4.61. The van der Waals surface area contributed by atoms with Gasteiger partial charge < -0.3 is 13.9 Å². The number of carbonyl (C=O) groups is 2. The van der Waals surface area contributed by atoms with Crippen molar-refractivity contribution in [1.29, 1.82) is 0 Å². The fourth-order valence-corrected chi connectivity index (χ4v) is 8.91. The van der Waals surface area contributed by atoms with E-state index >= 15 is 0 Å². The minimum atomic E-state index is -0.139. The van der Waals surface area contributed by atoms with Crippen LogP contribution in [-0.2, 0) is 22.4 Å². The molecular weight excluding hydrogens is 452 g/mol. The molecular formula is C31H38O5.